The molecule has 0 spiro atoms. The molecule has 20 heavy (non-hydrogen) atoms. The number of rotatable bonds is 6. The van der Waals surface area contributed by atoms with Crippen molar-refractivity contribution in [3.8, 4) is 5.75 Å². The van der Waals surface area contributed by atoms with Crippen LogP contribution in [0.1, 0.15) is 26.7 Å². The summed E-state index contributed by atoms with van der Waals surface area (Å²) in [6, 6.07) is 6.20. The fraction of sp³-hybridized carbons (Fsp3) is 0.625. The molecule has 1 saturated heterocycles. The summed E-state index contributed by atoms with van der Waals surface area (Å²) in [6.07, 6.45) is 2.91. The molecule has 2 atom stereocenters. The van der Waals surface area contributed by atoms with Crippen molar-refractivity contribution in [2.45, 2.75) is 38.9 Å². The third-order valence-corrected chi connectivity index (χ3v) is 3.62. The van der Waals surface area contributed by atoms with E-state index in [9.17, 15) is 4.39 Å². The average molecular weight is 282 g/mol. The van der Waals surface area contributed by atoms with Gasteiger partial charge in [-0.25, -0.2) is 4.39 Å². The Morgan fingerprint density at radius 3 is 2.45 bits per heavy atom. The van der Waals surface area contributed by atoms with Gasteiger partial charge in [-0.05, 0) is 51.0 Å². The van der Waals surface area contributed by atoms with Crippen molar-refractivity contribution in [1.29, 1.82) is 0 Å². The van der Waals surface area contributed by atoms with Gasteiger partial charge in [0.25, 0.3) is 0 Å². The van der Waals surface area contributed by atoms with Crippen LogP contribution in [0.2, 0.25) is 0 Å². The van der Waals surface area contributed by atoms with Crippen LogP contribution in [0.4, 0.5) is 4.39 Å². The molecule has 1 heterocycles. The van der Waals surface area contributed by atoms with Gasteiger partial charge in [-0.2, -0.15) is 0 Å². The second-order valence-electron chi connectivity index (χ2n) is 5.68. The van der Waals surface area contributed by atoms with Crippen LogP contribution in [0.15, 0.2) is 24.3 Å². The van der Waals surface area contributed by atoms with Gasteiger partial charge in [0.05, 0.1) is 13.2 Å². The highest BCUT2D eigenvalue weighted by Crippen LogP contribution is 2.11. The molecule has 3 nitrogen and oxygen atoms in total. The number of halogens is 1. The van der Waals surface area contributed by atoms with Crippen LogP contribution in [-0.2, 0) is 4.74 Å². The molecule has 0 saturated carbocycles. The third kappa shape index (κ3) is 5.10. The molecule has 1 N–H and O–H groups in total. The maximum atomic E-state index is 12.7. The standard InChI is InChI=1S/C16H24FNO2/c1-13-11-18(12-14(2)20-13)9-3-4-10-19-16-7-5-15(17)6-8-16/h5-8,13-14H,3-4,9-12H2,1-2H3/p+1/t13-,14-/m0/s1. The number of benzene rings is 1. The van der Waals surface area contributed by atoms with Crippen LogP contribution < -0.4 is 9.64 Å². The van der Waals surface area contributed by atoms with Crippen molar-refractivity contribution in [2.75, 3.05) is 26.2 Å². The zero-order chi connectivity index (χ0) is 14.4. The monoisotopic (exact) mass is 282 g/mol. The van der Waals surface area contributed by atoms with Gasteiger partial charge in [0.15, 0.2) is 0 Å². The summed E-state index contributed by atoms with van der Waals surface area (Å²) < 4.78 is 24.1. The Hall–Kier alpha value is -1.13. The Morgan fingerprint density at radius 1 is 1.15 bits per heavy atom. The van der Waals surface area contributed by atoms with Crippen molar-refractivity contribution in [1.82, 2.24) is 0 Å². The van der Waals surface area contributed by atoms with E-state index in [1.54, 1.807) is 17.0 Å². The summed E-state index contributed by atoms with van der Waals surface area (Å²) in [7, 11) is 0. The van der Waals surface area contributed by atoms with E-state index in [1.807, 2.05) is 0 Å². The van der Waals surface area contributed by atoms with Crippen LogP contribution >= 0.6 is 0 Å². The summed E-state index contributed by atoms with van der Waals surface area (Å²) in [6.45, 7) is 8.36. The number of unbranched alkanes of at least 4 members (excludes halogenated alkanes) is 1. The normalized spacial score (nSPS) is 26.4. The molecule has 0 amide bonds. The number of hydrogen-bond donors (Lipinski definition) is 1. The molecule has 1 aliphatic heterocycles. The molecule has 1 aromatic rings. The Labute approximate surface area is 120 Å². The van der Waals surface area contributed by atoms with Gasteiger partial charge in [-0.15, -0.1) is 0 Å². The first-order chi connectivity index (χ1) is 9.63. The van der Waals surface area contributed by atoms with Gasteiger partial charge in [0.1, 0.15) is 36.9 Å². The van der Waals surface area contributed by atoms with Crippen LogP contribution in [0.3, 0.4) is 0 Å². The Balaban J connectivity index is 1.58. The van der Waals surface area contributed by atoms with E-state index in [1.165, 1.54) is 18.7 Å². The molecule has 0 bridgehead atoms. The molecule has 1 aromatic carbocycles. The minimum atomic E-state index is -0.225. The average Bonchev–Trinajstić information content (AvgIpc) is 2.39. The Kier molecular flexibility index (Phi) is 5.80. The molecule has 0 radical (unpaired) electrons. The van der Waals surface area contributed by atoms with Gasteiger partial charge >= 0.3 is 0 Å². The largest absolute Gasteiger partial charge is 0.494 e. The van der Waals surface area contributed by atoms with E-state index in [0.717, 1.165) is 31.7 Å². The molecule has 2 rings (SSSR count). The van der Waals surface area contributed by atoms with Crippen molar-refractivity contribution >= 4 is 0 Å². The first kappa shape index (κ1) is 15.3. The first-order valence-corrected chi connectivity index (χ1v) is 7.51. The van der Waals surface area contributed by atoms with Crippen molar-refractivity contribution in [3.05, 3.63) is 30.1 Å². The lowest BCUT2D eigenvalue weighted by Crippen LogP contribution is -3.15. The molecule has 0 aliphatic carbocycles. The quantitative estimate of drug-likeness (QED) is 0.802. The smallest absolute Gasteiger partial charge is 0.123 e. The number of hydrogen-bond acceptors (Lipinski definition) is 2. The van der Waals surface area contributed by atoms with Crippen molar-refractivity contribution in [2.24, 2.45) is 0 Å². The lowest BCUT2D eigenvalue weighted by atomic mass is 10.2. The maximum Gasteiger partial charge on any atom is 0.123 e. The lowest BCUT2D eigenvalue weighted by molar-refractivity contribution is -0.915. The van der Waals surface area contributed by atoms with Crippen LogP contribution in [0.25, 0.3) is 0 Å². The van der Waals surface area contributed by atoms with E-state index in [0.29, 0.717) is 18.8 Å². The summed E-state index contributed by atoms with van der Waals surface area (Å²) in [5, 5.41) is 0. The van der Waals surface area contributed by atoms with E-state index in [-0.39, 0.29) is 5.82 Å². The summed E-state index contributed by atoms with van der Waals surface area (Å²) in [5.41, 5.74) is 0. The predicted molar refractivity (Wildman–Crippen MR) is 76.7 cm³/mol. The minimum absolute atomic E-state index is 0.225. The molecule has 112 valence electrons. The van der Waals surface area contributed by atoms with Crippen molar-refractivity contribution < 1.29 is 18.8 Å². The SMILES string of the molecule is C[C@H]1C[NH+](CCCCOc2ccc(F)cc2)C[C@H](C)O1. The van der Waals surface area contributed by atoms with Gasteiger partial charge in [0.2, 0.25) is 0 Å². The maximum absolute atomic E-state index is 12.7. The number of nitrogens with one attached hydrogen (secondary N) is 1. The van der Waals surface area contributed by atoms with Crippen molar-refractivity contribution in [3.63, 3.8) is 0 Å². The second-order valence-corrected chi connectivity index (χ2v) is 5.68. The molecule has 0 unspecified atom stereocenters. The Morgan fingerprint density at radius 2 is 1.80 bits per heavy atom. The van der Waals surface area contributed by atoms with Gasteiger partial charge in [-0.1, -0.05) is 0 Å². The highest BCUT2D eigenvalue weighted by molar-refractivity contribution is 5.21. The highest BCUT2D eigenvalue weighted by atomic mass is 19.1. The fourth-order valence-electron chi connectivity index (χ4n) is 2.79. The van der Waals surface area contributed by atoms with Gasteiger partial charge in [0, 0.05) is 0 Å². The van der Waals surface area contributed by atoms with Crippen LogP contribution in [0.5, 0.6) is 5.75 Å². The number of ether oxygens (including phenoxy) is 2. The molecule has 1 aliphatic rings. The number of quaternary nitrogens is 1. The van der Waals surface area contributed by atoms with Gasteiger partial charge in [-0.3, -0.25) is 0 Å². The van der Waals surface area contributed by atoms with E-state index >= 15 is 0 Å². The van der Waals surface area contributed by atoms with E-state index in [4.69, 9.17) is 9.47 Å². The molecule has 1 fully saturated rings. The predicted octanol–water partition coefficient (Wildman–Crippen LogP) is 1.68. The zero-order valence-corrected chi connectivity index (χ0v) is 12.4. The Bertz CT molecular complexity index is 386. The molecule has 4 heteroatoms. The van der Waals surface area contributed by atoms with E-state index in [2.05, 4.69) is 13.8 Å². The number of morpholine rings is 1. The third-order valence-electron chi connectivity index (χ3n) is 3.62. The summed E-state index contributed by atoms with van der Waals surface area (Å²) in [4.78, 5) is 1.62. The minimum Gasteiger partial charge on any atom is -0.494 e. The van der Waals surface area contributed by atoms with Gasteiger partial charge < -0.3 is 14.4 Å². The highest BCUT2D eigenvalue weighted by Gasteiger charge is 2.24. The second kappa shape index (κ2) is 7.60. The topological polar surface area (TPSA) is 22.9 Å². The zero-order valence-electron chi connectivity index (χ0n) is 12.4. The van der Waals surface area contributed by atoms with E-state index < -0.39 is 0 Å². The fourth-order valence-corrected chi connectivity index (χ4v) is 2.79. The van der Waals surface area contributed by atoms with Crippen LogP contribution in [0, 0.1) is 5.82 Å². The van der Waals surface area contributed by atoms with Crippen LogP contribution in [-0.4, -0.2) is 38.4 Å². The summed E-state index contributed by atoms with van der Waals surface area (Å²) >= 11 is 0. The molecular weight excluding hydrogens is 257 g/mol. The molecular formula is C16H25FNO2+. The molecule has 0 aromatic heterocycles. The summed E-state index contributed by atoms with van der Waals surface area (Å²) in [5.74, 6) is 0.517. The first-order valence-electron chi connectivity index (χ1n) is 7.51. The lowest BCUT2D eigenvalue weighted by Gasteiger charge is -2.32.